The first-order valence-electron chi connectivity index (χ1n) is 10.3. The number of aromatic nitrogens is 4. The van der Waals surface area contributed by atoms with Gasteiger partial charge in [0, 0.05) is 18.7 Å². The largest absolute Gasteiger partial charge is 0.318 e. The number of amides is 1. The van der Waals surface area contributed by atoms with Gasteiger partial charge < -0.3 is 5.32 Å². The Morgan fingerprint density at radius 1 is 1.00 bits per heavy atom. The van der Waals surface area contributed by atoms with Gasteiger partial charge in [0.1, 0.15) is 17.5 Å². The van der Waals surface area contributed by atoms with Crippen LogP contribution in [0, 0.1) is 12.7 Å². The Labute approximate surface area is 188 Å². The highest BCUT2D eigenvalue weighted by Gasteiger charge is 2.23. The molecule has 9 heteroatoms. The fourth-order valence-corrected chi connectivity index (χ4v) is 3.53. The van der Waals surface area contributed by atoms with Crippen LogP contribution in [0.5, 0.6) is 0 Å². The number of hydrogen-bond donors (Lipinski definition) is 1. The van der Waals surface area contributed by atoms with Crippen LogP contribution >= 0.6 is 0 Å². The van der Waals surface area contributed by atoms with Crippen LogP contribution in [0.15, 0.2) is 76.3 Å². The van der Waals surface area contributed by atoms with Gasteiger partial charge in [-0.1, -0.05) is 18.2 Å². The highest BCUT2D eigenvalue weighted by atomic mass is 19.1. The second kappa shape index (κ2) is 8.70. The predicted molar refractivity (Wildman–Crippen MR) is 123 cm³/mol. The highest BCUT2D eigenvalue weighted by molar-refractivity contribution is 5.93. The minimum atomic E-state index is -0.998. The zero-order valence-electron chi connectivity index (χ0n) is 18.3. The molecule has 168 valence electrons. The number of nitrogens with one attached hydrogen (secondary N) is 1. The summed E-state index contributed by atoms with van der Waals surface area (Å²) in [5, 5.41) is 6.94. The quantitative estimate of drug-likeness (QED) is 0.509. The highest BCUT2D eigenvalue weighted by Crippen LogP contribution is 2.18. The van der Waals surface area contributed by atoms with Crippen molar-refractivity contribution in [2.45, 2.75) is 19.9 Å². The Hall–Kier alpha value is -4.27. The topological polar surface area (TPSA) is 90.9 Å². The van der Waals surface area contributed by atoms with Crippen LogP contribution in [-0.4, -0.2) is 25.1 Å². The molecule has 0 saturated carbocycles. The van der Waals surface area contributed by atoms with E-state index in [0.29, 0.717) is 22.6 Å². The van der Waals surface area contributed by atoms with Crippen LogP contribution in [0.2, 0.25) is 0 Å². The molecule has 0 radical (unpaired) electrons. The molecule has 4 rings (SSSR count). The van der Waals surface area contributed by atoms with Crippen LogP contribution in [0.4, 0.5) is 10.1 Å². The van der Waals surface area contributed by atoms with Crippen LogP contribution in [0.1, 0.15) is 18.7 Å². The summed E-state index contributed by atoms with van der Waals surface area (Å²) >= 11 is 0. The van der Waals surface area contributed by atoms with E-state index in [-0.39, 0.29) is 17.1 Å². The van der Waals surface area contributed by atoms with E-state index >= 15 is 0 Å². The van der Waals surface area contributed by atoms with Crippen molar-refractivity contribution in [2.75, 3.05) is 5.32 Å². The molecule has 8 nitrogen and oxygen atoms in total. The van der Waals surface area contributed by atoms with Crippen molar-refractivity contribution < 1.29 is 9.18 Å². The standard InChI is InChI=1S/C24H22FN5O3/c1-15-22(24(33)30(28(15)3)19-7-5-4-6-8-19)26-23(32)16(2)29-21(31)14-13-20(27-29)17-9-11-18(25)12-10-17/h4-14,16H,1-3H3,(H,26,32)/t16-/m0/s1. The lowest BCUT2D eigenvalue weighted by molar-refractivity contribution is -0.119. The van der Waals surface area contributed by atoms with E-state index in [1.54, 1.807) is 30.8 Å². The third kappa shape index (κ3) is 4.12. The minimum Gasteiger partial charge on any atom is -0.318 e. The van der Waals surface area contributed by atoms with Gasteiger partial charge in [-0.05, 0) is 56.3 Å². The van der Waals surface area contributed by atoms with E-state index in [0.717, 1.165) is 4.68 Å². The fourth-order valence-electron chi connectivity index (χ4n) is 3.53. The molecule has 0 bridgehead atoms. The van der Waals surface area contributed by atoms with Gasteiger partial charge in [0.25, 0.3) is 11.1 Å². The number of carbonyl (C=O) groups excluding carboxylic acids is 1. The lowest BCUT2D eigenvalue weighted by Gasteiger charge is -2.14. The average molecular weight is 447 g/mol. The number of anilines is 1. The van der Waals surface area contributed by atoms with Crippen molar-refractivity contribution >= 4 is 11.6 Å². The monoisotopic (exact) mass is 447 g/mol. The Bertz CT molecular complexity index is 1440. The molecule has 1 atom stereocenters. The molecule has 1 amide bonds. The summed E-state index contributed by atoms with van der Waals surface area (Å²) in [5.74, 6) is -0.953. The van der Waals surface area contributed by atoms with Gasteiger partial charge in [-0.2, -0.15) is 5.10 Å². The first kappa shape index (κ1) is 21.9. The van der Waals surface area contributed by atoms with Crippen LogP contribution in [0.25, 0.3) is 16.9 Å². The molecule has 1 N–H and O–H groups in total. The third-order valence-corrected chi connectivity index (χ3v) is 5.51. The molecule has 4 aromatic rings. The van der Waals surface area contributed by atoms with Crippen LogP contribution in [0.3, 0.4) is 0 Å². The number of rotatable bonds is 5. The van der Waals surface area contributed by atoms with E-state index in [4.69, 9.17) is 0 Å². The molecular formula is C24H22FN5O3. The summed E-state index contributed by atoms with van der Waals surface area (Å²) in [6.07, 6.45) is 0. The Morgan fingerprint density at radius 2 is 1.67 bits per heavy atom. The maximum atomic E-state index is 13.2. The molecule has 0 aliphatic rings. The molecule has 0 unspecified atom stereocenters. The lowest BCUT2D eigenvalue weighted by Crippen LogP contribution is -2.34. The van der Waals surface area contributed by atoms with Gasteiger partial charge in [-0.25, -0.2) is 13.8 Å². The molecular weight excluding hydrogens is 425 g/mol. The first-order valence-corrected chi connectivity index (χ1v) is 10.3. The molecule has 0 aliphatic carbocycles. The second-order valence-electron chi connectivity index (χ2n) is 7.61. The number of benzene rings is 2. The molecule has 2 aromatic heterocycles. The van der Waals surface area contributed by atoms with Gasteiger partial charge >= 0.3 is 0 Å². The van der Waals surface area contributed by atoms with E-state index in [1.807, 2.05) is 18.2 Å². The van der Waals surface area contributed by atoms with E-state index in [2.05, 4.69) is 10.4 Å². The van der Waals surface area contributed by atoms with Gasteiger partial charge in [0.05, 0.1) is 17.1 Å². The van der Waals surface area contributed by atoms with Crippen molar-refractivity contribution in [3.05, 3.63) is 98.9 Å². The number of hydrogen-bond acceptors (Lipinski definition) is 4. The van der Waals surface area contributed by atoms with Crippen molar-refractivity contribution in [3.8, 4) is 16.9 Å². The number of para-hydroxylation sites is 1. The van der Waals surface area contributed by atoms with Gasteiger partial charge in [0.15, 0.2) is 0 Å². The van der Waals surface area contributed by atoms with E-state index in [1.165, 1.54) is 48.0 Å². The summed E-state index contributed by atoms with van der Waals surface area (Å²) in [6, 6.07) is 16.5. The number of nitrogens with zero attached hydrogens (tertiary/aromatic N) is 4. The van der Waals surface area contributed by atoms with Gasteiger partial charge in [-0.3, -0.25) is 19.1 Å². The number of carbonyl (C=O) groups is 1. The summed E-state index contributed by atoms with van der Waals surface area (Å²) in [7, 11) is 1.72. The lowest BCUT2D eigenvalue weighted by atomic mass is 10.1. The molecule has 2 heterocycles. The van der Waals surface area contributed by atoms with Crippen molar-refractivity contribution in [2.24, 2.45) is 7.05 Å². The Kier molecular flexibility index (Phi) is 5.78. The fraction of sp³-hybridized carbons (Fsp3) is 0.167. The summed E-state index contributed by atoms with van der Waals surface area (Å²) in [6.45, 7) is 3.24. The number of halogens is 1. The molecule has 0 spiro atoms. The van der Waals surface area contributed by atoms with Crippen LogP contribution in [-0.2, 0) is 11.8 Å². The first-order chi connectivity index (χ1) is 15.8. The maximum Gasteiger partial charge on any atom is 0.295 e. The average Bonchev–Trinajstić information content (AvgIpc) is 3.03. The van der Waals surface area contributed by atoms with Crippen LogP contribution < -0.4 is 16.4 Å². The molecule has 2 aromatic carbocycles. The van der Waals surface area contributed by atoms with Crippen molar-refractivity contribution in [1.82, 2.24) is 19.1 Å². The normalized spacial score (nSPS) is 11.9. The summed E-state index contributed by atoms with van der Waals surface area (Å²) < 4.78 is 17.4. The molecule has 0 aliphatic heterocycles. The predicted octanol–water partition coefficient (Wildman–Crippen LogP) is 3.05. The van der Waals surface area contributed by atoms with E-state index in [9.17, 15) is 18.8 Å². The molecule has 33 heavy (non-hydrogen) atoms. The van der Waals surface area contributed by atoms with Crippen molar-refractivity contribution in [1.29, 1.82) is 0 Å². The Morgan fingerprint density at radius 3 is 2.33 bits per heavy atom. The summed E-state index contributed by atoms with van der Waals surface area (Å²) in [4.78, 5) is 38.5. The van der Waals surface area contributed by atoms with Crippen molar-refractivity contribution in [3.63, 3.8) is 0 Å². The van der Waals surface area contributed by atoms with E-state index < -0.39 is 17.5 Å². The minimum absolute atomic E-state index is 0.126. The zero-order valence-corrected chi connectivity index (χ0v) is 18.3. The molecule has 0 fully saturated rings. The molecule has 0 saturated heterocycles. The zero-order chi connectivity index (χ0) is 23.7. The van der Waals surface area contributed by atoms with Gasteiger partial charge in [-0.15, -0.1) is 0 Å². The third-order valence-electron chi connectivity index (χ3n) is 5.51. The Balaban J connectivity index is 1.65. The van der Waals surface area contributed by atoms with Gasteiger partial charge in [0.2, 0.25) is 5.91 Å². The SMILES string of the molecule is Cc1c(NC(=O)[C@H](C)n2nc(-c3ccc(F)cc3)ccc2=O)c(=O)n(-c2ccccc2)n1C. The smallest absolute Gasteiger partial charge is 0.295 e. The summed E-state index contributed by atoms with van der Waals surface area (Å²) in [5.41, 5.74) is 1.49. The maximum absolute atomic E-state index is 13.2. The second-order valence-corrected chi connectivity index (χ2v) is 7.61.